The molecule has 0 bridgehead atoms. The first-order valence-electron chi connectivity index (χ1n) is 5.66. The summed E-state index contributed by atoms with van der Waals surface area (Å²) in [7, 11) is 1.58. The summed E-state index contributed by atoms with van der Waals surface area (Å²) in [6, 6.07) is 9.30. The molecule has 0 aliphatic carbocycles. The fourth-order valence-corrected chi connectivity index (χ4v) is 1.61. The van der Waals surface area contributed by atoms with Crippen molar-refractivity contribution in [2.45, 2.75) is 6.54 Å². The third kappa shape index (κ3) is 3.04. The minimum Gasteiger partial charge on any atom is -0.382 e. The van der Waals surface area contributed by atoms with Crippen LogP contribution in [-0.4, -0.2) is 28.1 Å². The van der Waals surface area contributed by atoms with E-state index in [1.807, 2.05) is 0 Å². The summed E-state index contributed by atoms with van der Waals surface area (Å²) in [5.41, 5.74) is 6.02. The maximum absolute atomic E-state index is 13.5. The Labute approximate surface area is 109 Å². The van der Waals surface area contributed by atoms with Crippen LogP contribution < -0.4 is 5.73 Å². The molecule has 2 N–H and O–H groups in total. The smallest absolute Gasteiger partial charge is 0.274 e. The molecule has 0 radical (unpaired) electrons. The van der Waals surface area contributed by atoms with Gasteiger partial charge in [-0.2, -0.15) is 0 Å². The quantitative estimate of drug-likeness (QED) is 0.907. The molecule has 0 aliphatic rings. The number of benzene rings is 1. The van der Waals surface area contributed by atoms with Crippen LogP contribution in [0.4, 0.5) is 10.2 Å². The van der Waals surface area contributed by atoms with Gasteiger partial charge in [0.1, 0.15) is 11.6 Å². The molecule has 0 spiro atoms. The normalized spacial score (nSPS) is 10.2. The Morgan fingerprint density at radius 2 is 2.00 bits per heavy atom. The van der Waals surface area contributed by atoms with E-state index in [0.717, 1.165) is 0 Å². The number of carbonyl (C=O) groups excluding carboxylic acids is 1. The zero-order chi connectivity index (χ0) is 13.8. The van der Waals surface area contributed by atoms with Gasteiger partial charge in [0, 0.05) is 19.2 Å². The van der Waals surface area contributed by atoms with Crippen LogP contribution in [0.25, 0.3) is 0 Å². The van der Waals surface area contributed by atoms with Gasteiger partial charge in [-0.05, 0) is 18.2 Å². The molecule has 0 saturated heterocycles. The van der Waals surface area contributed by atoms with E-state index in [4.69, 9.17) is 5.73 Å². The number of anilines is 1. The molecule has 6 heteroatoms. The van der Waals surface area contributed by atoms with E-state index in [2.05, 4.69) is 10.2 Å². The molecule has 1 heterocycles. The summed E-state index contributed by atoms with van der Waals surface area (Å²) in [6.07, 6.45) is 0. The largest absolute Gasteiger partial charge is 0.382 e. The van der Waals surface area contributed by atoms with Crippen LogP contribution in [0.2, 0.25) is 0 Å². The van der Waals surface area contributed by atoms with Gasteiger partial charge >= 0.3 is 0 Å². The van der Waals surface area contributed by atoms with Crippen LogP contribution in [0.15, 0.2) is 36.4 Å². The third-order valence-corrected chi connectivity index (χ3v) is 2.62. The fourth-order valence-electron chi connectivity index (χ4n) is 1.61. The van der Waals surface area contributed by atoms with Crippen molar-refractivity contribution in [2.75, 3.05) is 12.8 Å². The number of carbonyl (C=O) groups is 1. The number of aromatic nitrogens is 2. The van der Waals surface area contributed by atoms with Crippen molar-refractivity contribution in [3.63, 3.8) is 0 Å². The predicted molar refractivity (Wildman–Crippen MR) is 68.6 cm³/mol. The Bertz CT molecular complexity index is 585. The lowest BCUT2D eigenvalue weighted by atomic mass is 10.2. The monoisotopic (exact) mass is 260 g/mol. The van der Waals surface area contributed by atoms with Crippen LogP contribution >= 0.6 is 0 Å². The highest BCUT2D eigenvalue weighted by molar-refractivity contribution is 5.92. The summed E-state index contributed by atoms with van der Waals surface area (Å²) in [6.45, 7) is 0.164. The van der Waals surface area contributed by atoms with E-state index in [0.29, 0.717) is 5.56 Å². The second-order valence-corrected chi connectivity index (χ2v) is 4.10. The van der Waals surface area contributed by atoms with E-state index < -0.39 is 0 Å². The zero-order valence-corrected chi connectivity index (χ0v) is 10.4. The Morgan fingerprint density at radius 3 is 2.63 bits per heavy atom. The number of rotatable bonds is 3. The summed E-state index contributed by atoms with van der Waals surface area (Å²) >= 11 is 0. The number of hydrogen-bond acceptors (Lipinski definition) is 4. The number of nitrogens with zero attached hydrogens (tertiary/aromatic N) is 3. The maximum atomic E-state index is 13.5. The minimum absolute atomic E-state index is 0.164. The second kappa shape index (κ2) is 5.43. The van der Waals surface area contributed by atoms with Gasteiger partial charge in [-0.3, -0.25) is 4.79 Å². The molecule has 0 atom stereocenters. The number of hydrogen-bond donors (Lipinski definition) is 1. The molecule has 0 saturated carbocycles. The third-order valence-electron chi connectivity index (χ3n) is 2.62. The van der Waals surface area contributed by atoms with Crippen molar-refractivity contribution in [1.29, 1.82) is 0 Å². The predicted octanol–water partition coefficient (Wildman–Crippen LogP) is 1.47. The Hall–Kier alpha value is -2.50. The average molecular weight is 260 g/mol. The van der Waals surface area contributed by atoms with Gasteiger partial charge in [-0.15, -0.1) is 10.2 Å². The highest BCUT2D eigenvalue weighted by Gasteiger charge is 2.15. The minimum atomic E-state index is -0.342. The lowest BCUT2D eigenvalue weighted by Gasteiger charge is -2.16. The molecule has 2 aromatic rings. The molecule has 0 aliphatic heterocycles. The van der Waals surface area contributed by atoms with Crippen molar-refractivity contribution in [1.82, 2.24) is 15.1 Å². The van der Waals surface area contributed by atoms with Gasteiger partial charge in [0.05, 0.1) is 0 Å². The Balaban J connectivity index is 2.12. The van der Waals surface area contributed by atoms with Crippen molar-refractivity contribution in [2.24, 2.45) is 0 Å². The second-order valence-electron chi connectivity index (χ2n) is 4.10. The Morgan fingerprint density at radius 1 is 1.26 bits per heavy atom. The van der Waals surface area contributed by atoms with Crippen molar-refractivity contribution in [3.05, 3.63) is 53.5 Å². The lowest BCUT2D eigenvalue weighted by Crippen LogP contribution is -2.27. The highest BCUT2D eigenvalue weighted by Crippen LogP contribution is 2.10. The van der Waals surface area contributed by atoms with Gasteiger partial charge in [0.25, 0.3) is 5.91 Å². The first-order chi connectivity index (χ1) is 9.08. The van der Waals surface area contributed by atoms with Crippen LogP contribution in [0.3, 0.4) is 0 Å². The van der Waals surface area contributed by atoms with Crippen molar-refractivity contribution < 1.29 is 9.18 Å². The molecule has 0 fully saturated rings. The Kier molecular flexibility index (Phi) is 3.70. The van der Waals surface area contributed by atoms with Crippen LogP contribution in [-0.2, 0) is 6.54 Å². The van der Waals surface area contributed by atoms with E-state index in [-0.39, 0.29) is 29.8 Å². The number of halogens is 1. The summed E-state index contributed by atoms with van der Waals surface area (Å²) in [5, 5.41) is 7.32. The molecular weight excluding hydrogens is 247 g/mol. The van der Waals surface area contributed by atoms with Gasteiger partial charge in [-0.25, -0.2) is 4.39 Å². The van der Waals surface area contributed by atoms with Gasteiger partial charge < -0.3 is 10.6 Å². The molecule has 2 rings (SSSR count). The van der Waals surface area contributed by atoms with Gasteiger partial charge in [0.15, 0.2) is 5.69 Å². The molecule has 1 aromatic heterocycles. The van der Waals surface area contributed by atoms with E-state index >= 15 is 0 Å². The molecule has 5 nitrogen and oxygen atoms in total. The topological polar surface area (TPSA) is 72.1 Å². The van der Waals surface area contributed by atoms with Crippen LogP contribution in [0, 0.1) is 5.82 Å². The maximum Gasteiger partial charge on any atom is 0.274 e. The van der Waals surface area contributed by atoms with E-state index in [1.54, 1.807) is 25.2 Å². The summed E-state index contributed by atoms with van der Waals surface area (Å²) in [4.78, 5) is 13.4. The molecular formula is C13H13FN4O. The van der Waals surface area contributed by atoms with Crippen molar-refractivity contribution >= 4 is 11.7 Å². The first kappa shape index (κ1) is 12.9. The van der Waals surface area contributed by atoms with E-state index in [9.17, 15) is 9.18 Å². The highest BCUT2D eigenvalue weighted by atomic mass is 19.1. The molecule has 1 amide bonds. The number of amides is 1. The van der Waals surface area contributed by atoms with Crippen LogP contribution in [0.1, 0.15) is 16.1 Å². The SMILES string of the molecule is CN(Cc1ccccc1F)C(=O)c1ccc(N)nn1. The molecule has 98 valence electrons. The molecule has 1 aromatic carbocycles. The van der Waals surface area contributed by atoms with Gasteiger partial charge in [0.2, 0.25) is 0 Å². The zero-order valence-electron chi connectivity index (χ0n) is 10.4. The fraction of sp³-hybridized carbons (Fsp3) is 0.154. The summed E-state index contributed by atoms with van der Waals surface area (Å²) in [5.74, 6) is -0.436. The van der Waals surface area contributed by atoms with Crippen LogP contribution in [0.5, 0.6) is 0 Å². The van der Waals surface area contributed by atoms with E-state index in [1.165, 1.54) is 23.1 Å². The first-order valence-corrected chi connectivity index (χ1v) is 5.66. The standard InChI is InChI=1S/C13H13FN4O/c1-18(8-9-4-2-3-5-10(9)14)13(19)11-6-7-12(15)17-16-11/h2-7H,8H2,1H3,(H2,15,17). The molecule has 19 heavy (non-hydrogen) atoms. The average Bonchev–Trinajstić information content (AvgIpc) is 2.41. The number of nitrogens with two attached hydrogens (primary N) is 1. The summed E-state index contributed by atoms with van der Waals surface area (Å²) < 4.78 is 13.5. The lowest BCUT2D eigenvalue weighted by molar-refractivity contribution is 0.0777. The number of nitrogen functional groups attached to an aromatic ring is 1. The van der Waals surface area contributed by atoms with Gasteiger partial charge in [-0.1, -0.05) is 18.2 Å². The molecule has 0 unspecified atom stereocenters. The van der Waals surface area contributed by atoms with Crippen molar-refractivity contribution in [3.8, 4) is 0 Å².